The number of benzene rings is 4. The van der Waals surface area contributed by atoms with Crippen LogP contribution >= 0.6 is 0 Å². The van der Waals surface area contributed by atoms with Crippen molar-refractivity contribution in [2.45, 2.75) is 12.0 Å². The van der Waals surface area contributed by atoms with Crippen molar-refractivity contribution in [2.75, 3.05) is 0 Å². The molecule has 1 N–H and O–H groups in total. The Balaban J connectivity index is 1.71. The highest BCUT2D eigenvalue weighted by Gasteiger charge is 2.46. The van der Waals surface area contributed by atoms with Crippen LogP contribution < -0.4 is 4.74 Å². The number of hydrogen-bond donors (Lipinski definition) is 1. The van der Waals surface area contributed by atoms with E-state index in [4.69, 9.17) is 4.74 Å². The Kier molecular flexibility index (Phi) is 5.49. The van der Waals surface area contributed by atoms with E-state index in [1.165, 1.54) is 6.07 Å². The standard InChI is InChI=1S/C29H22O4/c30-23-17-9-7-15-21(23)27(31)25(19-11-3-1-4-12-19)26-28(32)22-16-8-10-18-24(22)33-29(26)20-13-5-2-6-14-20/h1-18,25-26,29-30H/t25-,26+,29-/m0/s1. The lowest BCUT2D eigenvalue weighted by molar-refractivity contribution is 0.0548. The molecule has 4 heteroatoms. The highest BCUT2D eigenvalue weighted by atomic mass is 16.5. The molecule has 1 aliphatic heterocycles. The Morgan fingerprint density at radius 2 is 1.36 bits per heavy atom. The summed E-state index contributed by atoms with van der Waals surface area (Å²) in [5, 5.41) is 10.4. The van der Waals surface area contributed by atoms with Gasteiger partial charge in [-0.25, -0.2) is 0 Å². The van der Waals surface area contributed by atoms with Crippen molar-refractivity contribution >= 4 is 11.6 Å². The maximum absolute atomic E-state index is 13.9. The molecule has 1 aliphatic rings. The zero-order valence-electron chi connectivity index (χ0n) is 17.8. The van der Waals surface area contributed by atoms with Gasteiger partial charge >= 0.3 is 0 Å². The van der Waals surface area contributed by atoms with Crippen LogP contribution in [0.15, 0.2) is 109 Å². The molecule has 0 amide bonds. The Morgan fingerprint density at radius 3 is 2.09 bits per heavy atom. The summed E-state index contributed by atoms with van der Waals surface area (Å²) in [6.07, 6.45) is -0.659. The lowest BCUT2D eigenvalue weighted by atomic mass is 9.71. The van der Waals surface area contributed by atoms with Crippen LogP contribution in [0, 0.1) is 5.92 Å². The lowest BCUT2D eigenvalue weighted by Crippen LogP contribution is -2.39. The monoisotopic (exact) mass is 434 g/mol. The van der Waals surface area contributed by atoms with Gasteiger partial charge in [0.2, 0.25) is 0 Å². The van der Waals surface area contributed by atoms with Gasteiger partial charge in [-0.1, -0.05) is 84.9 Å². The minimum atomic E-state index is -0.842. The van der Waals surface area contributed by atoms with Crippen molar-refractivity contribution in [3.63, 3.8) is 0 Å². The van der Waals surface area contributed by atoms with E-state index < -0.39 is 17.9 Å². The summed E-state index contributed by atoms with van der Waals surface area (Å²) in [5.41, 5.74) is 2.16. The molecule has 0 aromatic heterocycles. The third-order valence-corrected chi connectivity index (χ3v) is 6.13. The highest BCUT2D eigenvalue weighted by Crippen LogP contribution is 2.46. The van der Waals surface area contributed by atoms with Gasteiger partial charge in [0.15, 0.2) is 11.6 Å². The van der Waals surface area contributed by atoms with Crippen LogP contribution in [0.4, 0.5) is 0 Å². The van der Waals surface area contributed by atoms with Crippen molar-refractivity contribution in [3.8, 4) is 11.5 Å². The predicted octanol–water partition coefficient (Wildman–Crippen LogP) is 5.99. The average molecular weight is 434 g/mol. The Bertz CT molecular complexity index is 1300. The Morgan fingerprint density at radius 1 is 0.758 bits per heavy atom. The van der Waals surface area contributed by atoms with E-state index in [1.54, 1.807) is 36.4 Å². The first-order valence-electron chi connectivity index (χ1n) is 10.9. The van der Waals surface area contributed by atoms with Crippen molar-refractivity contribution in [1.82, 2.24) is 0 Å². The average Bonchev–Trinajstić information content (AvgIpc) is 2.87. The Labute approximate surface area is 192 Å². The smallest absolute Gasteiger partial charge is 0.174 e. The predicted molar refractivity (Wildman–Crippen MR) is 126 cm³/mol. The maximum Gasteiger partial charge on any atom is 0.174 e. The number of ketones is 2. The summed E-state index contributed by atoms with van der Waals surface area (Å²) in [5.74, 6) is -1.72. The zero-order valence-corrected chi connectivity index (χ0v) is 17.8. The zero-order chi connectivity index (χ0) is 22.8. The first kappa shape index (κ1) is 20.7. The number of phenols is 1. The molecule has 4 aromatic carbocycles. The van der Waals surface area contributed by atoms with Gasteiger partial charge in [0.25, 0.3) is 0 Å². The van der Waals surface area contributed by atoms with Crippen LogP contribution in [0.25, 0.3) is 0 Å². The van der Waals surface area contributed by atoms with E-state index in [2.05, 4.69) is 0 Å². The van der Waals surface area contributed by atoms with Gasteiger partial charge in [-0.3, -0.25) is 9.59 Å². The third-order valence-electron chi connectivity index (χ3n) is 6.13. The third kappa shape index (κ3) is 3.80. The van der Waals surface area contributed by atoms with Crippen molar-refractivity contribution < 1.29 is 19.4 Å². The van der Waals surface area contributed by atoms with E-state index in [0.717, 1.165) is 5.56 Å². The molecule has 0 unspecified atom stereocenters. The van der Waals surface area contributed by atoms with E-state index >= 15 is 0 Å². The molecule has 4 nitrogen and oxygen atoms in total. The molecule has 0 radical (unpaired) electrons. The molecule has 5 rings (SSSR count). The van der Waals surface area contributed by atoms with Gasteiger partial charge in [-0.05, 0) is 35.4 Å². The number of phenolic OH excluding ortho intramolecular Hbond substituents is 1. The number of Topliss-reactive ketones (excluding diaryl/α,β-unsaturated/α-hetero) is 2. The second-order valence-electron chi connectivity index (χ2n) is 8.11. The molecule has 4 aromatic rings. The number of carbonyl (C=O) groups is 2. The van der Waals surface area contributed by atoms with Gasteiger partial charge in [-0.15, -0.1) is 0 Å². The molecule has 33 heavy (non-hydrogen) atoms. The number of aromatic hydroxyl groups is 1. The minimum absolute atomic E-state index is 0.107. The number of hydrogen-bond acceptors (Lipinski definition) is 4. The summed E-state index contributed by atoms with van der Waals surface area (Å²) < 4.78 is 6.38. The molecule has 0 spiro atoms. The van der Waals surface area contributed by atoms with Crippen LogP contribution in [0.3, 0.4) is 0 Å². The number of carbonyl (C=O) groups excluding carboxylic acids is 2. The number of rotatable bonds is 5. The van der Waals surface area contributed by atoms with Gasteiger partial charge in [0, 0.05) is 0 Å². The Hall–Kier alpha value is -4.18. The van der Waals surface area contributed by atoms with E-state index in [1.807, 2.05) is 66.7 Å². The molecular weight excluding hydrogens is 412 g/mol. The molecule has 3 atom stereocenters. The van der Waals surface area contributed by atoms with Gasteiger partial charge in [0.05, 0.1) is 23.0 Å². The summed E-state index contributed by atoms with van der Waals surface area (Å²) in [6, 6.07) is 32.3. The fourth-order valence-electron chi connectivity index (χ4n) is 4.58. The quantitative estimate of drug-likeness (QED) is 0.392. The fraction of sp³-hybridized carbons (Fsp3) is 0.103. The van der Waals surface area contributed by atoms with Crippen LogP contribution in [0.5, 0.6) is 11.5 Å². The number of fused-ring (bicyclic) bond motifs is 1. The van der Waals surface area contributed by atoms with Crippen molar-refractivity contribution in [2.24, 2.45) is 5.92 Å². The fourth-order valence-corrected chi connectivity index (χ4v) is 4.58. The van der Waals surface area contributed by atoms with Gasteiger partial charge < -0.3 is 9.84 Å². The summed E-state index contributed by atoms with van der Waals surface area (Å²) in [4.78, 5) is 27.9. The molecular formula is C29H22O4. The van der Waals surface area contributed by atoms with Crippen molar-refractivity contribution in [3.05, 3.63) is 131 Å². The summed E-state index contributed by atoms with van der Waals surface area (Å²) in [7, 11) is 0. The van der Waals surface area contributed by atoms with Gasteiger partial charge in [-0.2, -0.15) is 0 Å². The van der Waals surface area contributed by atoms with Gasteiger partial charge in [0.1, 0.15) is 17.6 Å². The van der Waals surface area contributed by atoms with E-state index in [0.29, 0.717) is 16.9 Å². The SMILES string of the molecule is O=C1c2ccccc2O[C@@H](c2ccccc2)[C@@H]1[C@@H](C(=O)c1ccccc1O)c1ccccc1. The first-order chi connectivity index (χ1) is 16.1. The normalized spacial score (nSPS) is 18.1. The van der Waals surface area contributed by atoms with Crippen LogP contribution in [0.1, 0.15) is 43.9 Å². The van der Waals surface area contributed by atoms with Crippen LogP contribution in [0.2, 0.25) is 0 Å². The molecule has 0 fully saturated rings. The van der Waals surface area contributed by atoms with E-state index in [9.17, 15) is 14.7 Å². The van der Waals surface area contributed by atoms with Crippen LogP contribution in [-0.2, 0) is 0 Å². The topological polar surface area (TPSA) is 63.6 Å². The lowest BCUT2D eigenvalue weighted by Gasteiger charge is -2.37. The molecule has 0 saturated heterocycles. The summed E-state index contributed by atoms with van der Waals surface area (Å²) in [6.45, 7) is 0. The first-order valence-corrected chi connectivity index (χ1v) is 10.9. The summed E-state index contributed by atoms with van der Waals surface area (Å²) >= 11 is 0. The van der Waals surface area contributed by atoms with E-state index in [-0.39, 0.29) is 22.9 Å². The molecule has 0 aliphatic carbocycles. The largest absolute Gasteiger partial charge is 0.507 e. The number of para-hydroxylation sites is 2. The highest BCUT2D eigenvalue weighted by molar-refractivity contribution is 6.10. The maximum atomic E-state index is 13.9. The minimum Gasteiger partial charge on any atom is -0.507 e. The molecule has 0 saturated carbocycles. The second kappa shape index (κ2) is 8.75. The second-order valence-corrected chi connectivity index (χ2v) is 8.11. The number of ether oxygens (including phenoxy) is 1. The molecule has 0 bridgehead atoms. The molecule has 162 valence electrons. The van der Waals surface area contributed by atoms with Crippen molar-refractivity contribution in [1.29, 1.82) is 0 Å². The van der Waals surface area contributed by atoms with Crippen LogP contribution in [-0.4, -0.2) is 16.7 Å². The molecule has 1 heterocycles.